The van der Waals surface area contributed by atoms with Gasteiger partial charge in [0.25, 0.3) is 0 Å². The van der Waals surface area contributed by atoms with E-state index in [-0.39, 0.29) is 5.97 Å². The number of carbonyl (C=O) groups excluding carboxylic acids is 1. The highest BCUT2D eigenvalue weighted by molar-refractivity contribution is 5.80. The van der Waals surface area contributed by atoms with Gasteiger partial charge in [0.2, 0.25) is 0 Å². The molecule has 0 amide bonds. The average Bonchev–Trinajstić information content (AvgIpc) is 2.16. The van der Waals surface area contributed by atoms with Gasteiger partial charge in [0.1, 0.15) is 6.61 Å². The number of ether oxygens (including phenoxy) is 1. The molecule has 15 heavy (non-hydrogen) atoms. The number of aliphatic imine (C=N–C) groups is 1. The maximum absolute atomic E-state index is 10.6. The van der Waals surface area contributed by atoms with Gasteiger partial charge in [0.05, 0.1) is 11.5 Å². The minimum Gasteiger partial charge on any atom is -0.461 e. The lowest BCUT2D eigenvalue weighted by Gasteiger charge is -2.02. The normalized spacial score (nSPS) is 11.2. The first-order chi connectivity index (χ1) is 7.08. The van der Waals surface area contributed by atoms with Gasteiger partial charge >= 0.3 is 5.97 Å². The molecular weight excluding hydrogens is 192 g/mol. The zero-order chi connectivity index (χ0) is 11.3. The molecule has 4 nitrogen and oxygen atoms in total. The molecule has 0 aliphatic rings. The summed E-state index contributed by atoms with van der Waals surface area (Å²) in [5.41, 5.74) is 7.16. The number of nitrogens with zero attached hydrogens (tertiary/aromatic N) is 1. The summed E-state index contributed by atoms with van der Waals surface area (Å²) in [5, 5.41) is 0. The molecule has 0 aliphatic carbocycles. The van der Waals surface area contributed by atoms with Crippen LogP contribution in [0.2, 0.25) is 0 Å². The summed E-state index contributed by atoms with van der Waals surface area (Å²) >= 11 is 0. The van der Waals surface area contributed by atoms with Gasteiger partial charge in [-0.2, -0.15) is 0 Å². The zero-order valence-electron chi connectivity index (χ0n) is 8.86. The van der Waals surface area contributed by atoms with Crippen molar-refractivity contribution in [1.29, 1.82) is 0 Å². The lowest BCUT2D eigenvalue weighted by molar-refractivity contribution is -0.142. The largest absolute Gasteiger partial charge is 0.461 e. The predicted molar refractivity (Wildman–Crippen MR) is 58.9 cm³/mol. The molecule has 1 rings (SSSR count). The van der Waals surface area contributed by atoms with Crippen molar-refractivity contribution in [3.63, 3.8) is 0 Å². The molecule has 0 aromatic heterocycles. The van der Waals surface area contributed by atoms with Crippen LogP contribution >= 0.6 is 0 Å². The molecule has 1 aromatic rings. The monoisotopic (exact) mass is 206 g/mol. The molecule has 4 heteroatoms. The Bertz CT molecular complexity index is 365. The Labute approximate surface area is 88.8 Å². The fourth-order valence-corrected chi connectivity index (χ4v) is 1.06. The second kappa shape index (κ2) is 5.14. The fraction of sp³-hybridized carbons (Fsp3) is 0.273. The molecule has 80 valence electrons. The molecular formula is C11H14N2O2. The van der Waals surface area contributed by atoms with Crippen molar-refractivity contribution in [1.82, 2.24) is 0 Å². The van der Waals surface area contributed by atoms with Gasteiger partial charge in [0.15, 0.2) is 0 Å². The molecule has 1 aromatic carbocycles. The third-order valence-electron chi connectivity index (χ3n) is 1.68. The molecule has 0 bridgehead atoms. The van der Waals surface area contributed by atoms with Crippen LogP contribution in [0.25, 0.3) is 0 Å². The Kier molecular flexibility index (Phi) is 3.85. The minimum absolute atomic E-state index is 0.282. The maximum Gasteiger partial charge on any atom is 0.302 e. The average molecular weight is 206 g/mol. The second-order valence-electron chi connectivity index (χ2n) is 3.20. The van der Waals surface area contributed by atoms with Gasteiger partial charge in [-0.3, -0.25) is 4.79 Å². The maximum atomic E-state index is 10.6. The molecule has 0 spiro atoms. The van der Waals surface area contributed by atoms with E-state index < -0.39 is 0 Å². The zero-order valence-corrected chi connectivity index (χ0v) is 8.86. The van der Waals surface area contributed by atoms with Gasteiger partial charge in [-0.05, 0) is 24.6 Å². The van der Waals surface area contributed by atoms with E-state index >= 15 is 0 Å². The van der Waals surface area contributed by atoms with E-state index in [1.54, 1.807) is 6.92 Å². The molecule has 0 saturated carbocycles. The van der Waals surface area contributed by atoms with E-state index in [9.17, 15) is 4.79 Å². The summed E-state index contributed by atoms with van der Waals surface area (Å²) in [7, 11) is 0. The van der Waals surface area contributed by atoms with E-state index in [1.807, 2.05) is 24.3 Å². The van der Waals surface area contributed by atoms with Crippen LogP contribution in [0.4, 0.5) is 5.69 Å². The number of rotatable bonds is 3. The number of benzene rings is 1. The van der Waals surface area contributed by atoms with Crippen LogP contribution in [0.5, 0.6) is 0 Å². The molecule has 0 fully saturated rings. The molecule has 0 aliphatic heterocycles. The fourth-order valence-electron chi connectivity index (χ4n) is 1.06. The van der Waals surface area contributed by atoms with E-state index in [4.69, 9.17) is 10.5 Å². The van der Waals surface area contributed by atoms with Crippen LogP contribution in [-0.2, 0) is 16.1 Å². The van der Waals surface area contributed by atoms with Crippen LogP contribution in [0.15, 0.2) is 29.3 Å². The van der Waals surface area contributed by atoms with Crippen molar-refractivity contribution < 1.29 is 9.53 Å². The van der Waals surface area contributed by atoms with Crippen molar-refractivity contribution >= 4 is 17.5 Å². The van der Waals surface area contributed by atoms with Crippen molar-refractivity contribution in [3.8, 4) is 0 Å². The lowest BCUT2D eigenvalue weighted by atomic mass is 10.2. The van der Waals surface area contributed by atoms with Crippen molar-refractivity contribution in [3.05, 3.63) is 29.8 Å². The summed E-state index contributed by atoms with van der Waals surface area (Å²) in [6.45, 7) is 3.41. The van der Waals surface area contributed by atoms with Gasteiger partial charge < -0.3 is 10.5 Å². The third kappa shape index (κ3) is 4.26. The van der Waals surface area contributed by atoms with Crippen LogP contribution in [0.3, 0.4) is 0 Å². The number of esters is 1. The molecule has 0 heterocycles. The van der Waals surface area contributed by atoms with E-state index in [2.05, 4.69) is 4.99 Å². The van der Waals surface area contributed by atoms with Gasteiger partial charge in [-0.25, -0.2) is 4.99 Å². The number of carbonyl (C=O) groups is 1. The Balaban J connectivity index is 2.64. The molecule has 0 radical (unpaired) electrons. The Morgan fingerprint density at radius 2 is 1.93 bits per heavy atom. The highest BCUT2D eigenvalue weighted by atomic mass is 16.5. The van der Waals surface area contributed by atoms with Crippen LogP contribution in [0, 0.1) is 0 Å². The standard InChI is InChI=1S/C11H14N2O2/c1-8(12)13-11-5-3-10(4-6-11)7-15-9(2)14/h3-6H,7H2,1-2H3,(H2,12,13). The molecule has 0 unspecified atom stereocenters. The number of amidine groups is 1. The highest BCUT2D eigenvalue weighted by Crippen LogP contribution is 2.13. The van der Waals surface area contributed by atoms with Gasteiger partial charge in [-0.15, -0.1) is 0 Å². The van der Waals surface area contributed by atoms with Crippen LogP contribution in [0.1, 0.15) is 19.4 Å². The van der Waals surface area contributed by atoms with E-state index in [0.717, 1.165) is 11.3 Å². The summed E-state index contributed by atoms with van der Waals surface area (Å²) in [6, 6.07) is 7.36. The number of hydrogen-bond acceptors (Lipinski definition) is 3. The first kappa shape index (κ1) is 11.2. The smallest absolute Gasteiger partial charge is 0.302 e. The van der Waals surface area contributed by atoms with Crippen molar-refractivity contribution in [2.45, 2.75) is 20.5 Å². The molecule has 2 N–H and O–H groups in total. The quantitative estimate of drug-likeness (QED) is 0.465. The topological polar surface area (TPSA) is 64.7 Å². The highest BCUT2D eigenvalue weighted by Gasteiger charge is 1.96. The van der Waals surface area contributed by atoms with Crippen molar-refractivity contribution in [2.24, 2.45) is 10.7 Å². The van der Waals surface area contributed by atoms with Crippen LogP contribution in [-0.4, -0.2) is 11.8 Å². The van der Waals surface area contributed by atoms with Crippen molar-refractivity contribution in [2.75, 3.05) is 0 Å². The summed E-state index contributed by atoms with van der Waals surface area (Å²) < 4.78 is 4.85. The SMILES string of the molecule is CC(=O)OCc1ccc(N=C(C)N)cc1. The number of nitrogens with two attached hydrogens (primary N) is 1. The summed E-state index contributed by atoms with van der Waals surface area (Å²) in [6.07, 6.45) is 0. The summed E-state index contributed by atoms with van der Waals surface area (Å²) in [4.78, 5) is 14.7. The molecule has 0 saturated heterocycles. The Morgan fingerprint density at radius 3 is 2.40 bits per heavy atom. The Morgan fingerprint density at radius 1 is 1.33 bits per heavy atom. The first-order valence-corrected chi connectivity index (χ1v) is 4.61. The van der Waals surface area contributed by atoms with Gasteiger partial charge in [-0.1, -0.05) is 12.1 Å². The lowest BCUT2D eigenvalue weighted by Crippen LogP contribution is -2.03. The number of hydrogen-bond donors (Lipinski definition) is 1. The first-order valence-electron chi connectivity index (χ1n) is 4.61. The van der Waals surface area contributed by atoms with E-state index in [0.29, 0.717) is 12.4 Å². The summed E-state index contributed by atoms with van der Waals surface area (Å²) in [5.74, 6) is 0.234. The minimum atomic E-state index is -0.282. The predicted octanol–water partition coefficient (Wildman–Crippen LogP) is 1.76. The third-order valence-corrected chi connectivity index (χ3v) is 1.68. The Hall–Kier alpha value is -1.84. The molecule has 0 atom stereocenters. The van der Waals surface area contributed by atoms with E-state index in [1.165, 1.54) is 6.92 Å². The van der Waals surface area contributed by atoms with Crippen LogP contribution < -0.4 is 5.73 Å². The van der Waals surface area contributed by atoms with Gasteiger partial charge in [0, 0.05) is 6.92 Å². The second-order valence-corrected chi connectivity index (χ2v) is 3.20.